The maximum Gasteiger partial charge on any atom is 0.355 e. The Bertz CT molecular complexity index is 841. The number of carbonyl (C=O) groups excluding carboxylic acids is 1. The van der Waals surface area contributed by atoms with E-state index in [9.17, 15) is 4.79 Å². The van der Waals surface area contributed by atoms with Gasteiger partial charge in [-0.15, -0.1) is 0 Å². The summed E-state index contributed by atoms with van der Waals surface area (Å²) < 4.78 is 5.26. The lowest BCUT2D eigenvalue weighted by Gasteiger charge is -2.10. The molecule has 0 amide bonds. The second-order valence-corrected chi connectivity index (χ2v) is 5.54. The number of halogens is 1. The summed E-state index contributed by atoms with van der Waals surface area (Å²) in [6.07, 6.45) is 1.67. The molecule has 1 N–H and O–H groups in total. The van der Waals surface area contributed by atoms with E-state index >= 15 is 0 Å². The fourth-order valence-corrected chi connectivity index (χ4v) is 2.48. The number of nitrogens with one attached hydrogen (secondary N) is 1. The topological polar surface area (TPSA) is 55.0 Å². The molecule has 0 aliphatic carbocycles. The number of aromatic amines is 1. The van der Waals surface area contributed by atoms with Crippen LogP contribution in [0.3, 0.4) is 0 Å². The molecule has 3 rings (SSSR count). The largest absolute Gasteiger partial charge is 0.456 e. The van der Waals surface area contributed by atoms with Gasteiger partial charge in [-0.2, -0.15) is 0 Å². The van der Waals surface area contributed by atoms with Crippen molar-refractivity contribution in [3.63, 3.8) is 0 Å². The molecule has 2 heterocycles. The van der Waals surface area contributed by atoms with Crippen molar-refractivity contribution in [1.29, 1.82) is 0 Å². The van der Waals surface area contributed by atoms with E-state index in [4.69, 9.17) is 16.3 Å². The van der Waals surface area contributed by atoms with E-state index < -0.39 is 5.97 Å². The third-order valence-corrected chi connectivity index (χ3v) is 4.04. The van der Waals surface area contributed by atoms with Gasteiger partial charge >= 0.3 is 5.97 Å². The zero-order valence-electron chi connectivity index (χ0n) is 12.3. The van der Waals surface area contributed by atoms with Crippen molar-refractivity contribution in [2.75, 3.05) is 0 Å². The average Bonchev–Trinajstić information content (AvgIpc) is 3.04. The number of benzene rings is 1. The number of hydrogen-bond donors (Lipinski definition) is 1. The fourth-order valence-electron chi connectivity index (χ4n) is 2.28. The Kier molecular flexibility index (Phi) is 3.86. The minimum atomic E-state index is -0.416. The normalized spacial score (nSPS) is 10.9. The molecule has 3 aromatic rings. The molecule has 0 spiro atoms. The fraction of sp³-hybridized carbons (Fsp3) is 0.176. The Labute approximate surface area is 133 Å². The lowest BCUT2D eigenvalue weighted by Crippen LogP contribution is -2.06. The van der Waals surface area contributed by atoms with Crippen LogP contribution < -0.4 is 0 Å². The van der Waals surface area contributed by atoms with Crippen LogP contribution in [-0.4, -0.2) is 15.9 Å². The van der Waals surface area contributed by atoms with Crippen molar-refractivity contribution in [3.05, 3.63) is 64.1 Å². The maximum atomic E-state index is 11.8. The first kappa shape index (κ1) is 14.6. The first-order chi connectivity index (χ1) is 10.6. The highest BCUT2D eigenvalue weighted by molar-refractivity contribution is 6.30. The second-order valence-electron chi connectivity index (χ2n) is 5.18. The lowest BCUT2D eigenvalue weighted by molar-refractivity contribution is 0.0466. The van der Waals surface area contributed by atoms with Crippen molar-refractivity contribution in [3.8, 4) is 0 Å². The number of rotatable bonds is 3. The van der Waals surface area contributed by atoms with Gasteiger partial charge in [-0.1, -0.05) is 23.7 Å². The Morgan fingerprint density at radius 2 is 2.14 bits per heavy atom. The molecule has 22 heavy (non-hydrogen) atoms. The monoisotopic (exact) mass is 314 g/mol. The standard InChI is InChI=1S/C17H15ClN2O2/c1-10-5-6-12-8-13(16(18)20-15(12)11(10)2)9-22-17(21)14-4-3-7-19-14/h3-8,19H,9H2,1-2H3. The maximum absolute atomic E-state index is 11.8. The number of H-pyrrole nitrogens is 1. The number of nitrogens with zero attached hydrogens (tertiary/aromatic N) is 1. The van der Waals surface area contributed by atoms with E-state index in [-0.39, 0.29) is 6.61 Å². The van der Waals surface area contributed by atoms with Gasteiger partial charge in [-0.25, -0.2) is 9.78 Å². The Morgan fingerprint density at radius 3 is 2.86 bits per heavy atom. The Hall–Kier alpha value is -2.33. The predicted molar refractivity (Wildman–Crippen MR) is 86.1 cm³/mol. The molecule has 5 heteroatoms. The van der Waals surface area contributed by atoms with E-state index in [0.29, 0.717) is 16.4 Å². The number of hydrogen-bond acceptors (Lipinski definition) is 3. The van der Waals surface area contributed by atoms with Gasteiger partial charge in [-0.3, -0.25) is 0 Å². The zero-order chi connectivity index (χ0) is 15.7. The lowest BCUT2D eigenvalue weighted by atomic mass is 10.0. The number of esters is 1. The summed E-state index contributed by atoms with van der Waals surface area (Å²) in [5.41, 5.74) is 4.26. The molecule has 0 bridgehead atoms. The minimum absolute atomic E-state index is 0.0898. The SMILES string of the molecule is Cc1ccc2cc(COC(=O)c3ccc[nH]3)c(Cl)nc2c1C. The zero-order valence-corrected chi connectivity index (χ0v) is 13.1. The van der Waals surface area contributed by atoms with Crippen molar-refractivity contribution < 1.29 is 9.53 Å². The summed E-state index contributed by atoms with van der Waals surface area (Å²) in [6.45, 7) is 4.15. The van der Waals surface area contributed by atoms with Gasteiger partial charge in [0.1, 0.15) is 17.5 Å². The van der Waals surface area contributed by atoms with Crippen molar-refractivity contribution in [1.82, 2.24) is 9.97 Å². The van der Waals surface area contributed by atoms with Crippen LogP contribution in [0.2, 0.25) is 5.15 Å². The van der Waals surface area contributed by atoms with Crippen LogP contribution >= 0.6 is 11.6 Å². The highest BCUT2D eigenvalue weighted by Gasteiger charge is 2.12. The molecular weight excluding hydrogens is 300 g/mol. The van der Waals surface area contributed by atoms with Crippen LogP contribution in [0.15, 0.2) is 36.5 Å². The molecule has 1 aromatic carbocycles. The second kappa shape index (κ2) is 5.81. The summed E-state index contributed by atoms with van der Waals surface area (Å²) in [5, 5.41) is 1.35. The molecule has 0 saturated heterocycles. The number of aromatic nitrogens is 2. The number of aryl methyl sites for hydroxylation is 2. The molecule has 4 nitrogen and oxygen atoms in total. The molecule has 0 fully saturated rings. The molecular formula is C17H15ClN2O2. The van der Waals surface area contributed by atoms with Crippen LogP contribution in [0, 0.1) is 13.8 Å². The molecule has 0 saturated carbocycles. The van der Waals surface area contributed by atoms with E-state index in [0.717, 1.165) is 16.5 Å². The molecule has 0 aliphatic heterocycles. The summed E-state index contributed by atoms with van der Waals surface area (Å²) >= 11 is 6.23. The first-order valence-electron chi connectivity index (χ1n) is 6.92. The van der Waals surface area contributed by atoms with Gasteiger partial charge in [0.2, 0.25) is 0 Å². The van der Waals surface area contributed by atoms with Crippen LogP contribution in [0.1, 0.15) is 27.2 Å². The smallest absolute Gasteiger partial charge is 0.355 e. The summed E-state index contributed by atoms with van der Waals surface area (Å²) in [5.74, 6) is -0.416. The van der Waals surface area contributed by atoms with Gasteiger partial charge in [-0.05, 0) is 43.2 Å². The van der Waals surface area contributed by atoms with Gasteiger partial charge in [0.15, 0.2) is 0 Å². The minimum Gasteiger partial charge on any atom is -0.456 e. The van der Waals surface area contributed by atoms with Crippen molar-refractivity contribution in [2.45, 2.75) is 20.5 Å². The third kappa shape index (κ3) is 2.70. The van der Waals surface area contributed by atoms with E-state index in [1.807, 2.05) is 32.0 Å². The Morgan fingerprint density at radius 1 is 1.32 bits per heavy atom. The van der Waals surface area contributed by atoms with Crippen LogP contribution in [0.25, 0.3) is 10.9 Å². The van der Waals surface area contributed by atoms with Crippen LogP contribution in [0.4, 0.5) is 0 Å². The number of fused-ring (bicyclic) bond motifs is 1. The molecule has 2 aromatic heterocycles. The van der Waals surface area contributed by atoms with Gasteiger partial charge in [0, 0.05) is 17.1 Å². The summed E-state index contributed by atoms with van der Waals surface area (Å²) in [7, 11) is 0. The number of pyridine rings is 1. The molecule has 0 aliphatic rings. The Balaban J connectivity index is 1.87. The van der Waals surface area contributed by atoms with Gasteiger partial charge in [0.25, 0.3) is 0 Å². The predicted octanol–water partition coefficient (Wildman–Crippen LogP) is 4.19. The van der Waals surface area contributed by atoms with Gasteiger partial charge in [0.05, 0.1) is 5.52 Å². The van der Waals surface area contributed by atoms with Crippen molar-refractivity contribution in [2.24, 2.45) is 0 Å². The molecule has 0 unspecified atom stereocenters. The highest BCUT2D eigenvalue weighted by atomic mass is 35.5. The highest BCUT2D eigenvalue weighted by Crippen LogP contribution is 2.25. The summed E-state index contributed by atoms with van der Waals surface area (Å²) in [4.78, 5) is 19.1. The van der Waals surface area contributed by atoms with E-state index in [2.05, 4.69) is 9.97 Å². The molecule has 112 valence electrons. The quantitative estimate of drug-likeness (QED) is 0.582. The van der Waals surface area contributed by atoms with Crippen molar-refractivity contribution >= 4 is 28.5 Å². The first-order valence-corrected chi connectivity index (χ1v) is 7.30. The van der Waals surface area contributed by atoms with Crippen LogP contribution in [0.5, 0.6) is 0 Å². The van der Waals surface area contributed by atoms with Crippen LogP contribution in [-0.2, 0) is 11.3 Å². The number of ether oxygens (including phenoxy) is 1. The average molecular weight is 315 g/mol. The summed E-state index contributed by atoms with van der Waals surface area (Å²) in [6, 6.07) is 9.36. The molecule has 0 atom stereocenters. The number of carbonyl (C=O) groups is 1. The van der Waals surface area contributed by atoms with E-state index in [1.165, 1.54) is 5.56 Å². The molecule has 0 radical (unpaired) electrons. The third-order valence-electron chi connectivity index (χ3n) is 3.71. The van der Waals surface area contributed by atoms with E-state index in [1.54, 1.807) is 18.3 Å². The van der Waals surface area contributed by atoms with Gasteiger partial charge < -0.3 is 9.72 Å².